The van der Waals surface area contributed by atoms with Crippen molar-refractivity contribution in [1.82, 2.24) is 0 Å². The monoisotopic (exact) mass is 328 g/mol. The summed E-state index contributed by atoms with van der Waals surface area (Å²) in [5, 5.41) is 0. The van der Waals surface area contributed by atoms with E-state index in [1.54, 1.807) is 6.08 Å². The Bertz CT molecular complexity index is 530. The third kappa shape index (κ3) is 9.28. The summed E-state index contributed by atoms with van der Waals surface area (Å²) in [6.07, 6.45) is 23.1. The van der Waals surface area contributed by atoms with Crippen LogP contribution in [0, 0.1) is 12.3 Å². The van der Waals surface area contributed by atoms with Gasteiger partial charge in [-0.25, -0.2) is 0 Å². The Balaban J connectivity index is 2.49. The summed E-state index contributed by atoms with van der Waals surface area (Å²) in [7, 11) is 0. The third-order valence-electron chi connectivity index (χ3n) is 3.53. The Labute approximate surface area is 145 Å². The van der Waals surface area contributed by atoms with Gasteiger partial charge in [-0.1, -0.05) is 49.1 Å². The van der Waals surface area contributed by atoms with Crippen molar-refractivity contribution >= 4 is 17.5 Å². The van der Waals surface area contributed by atoms with Crippen LogP contribution in [0.3, 0.4) is 0 Å². The molecule has 1 aliphatic rings. The van der Waals surface area contributed by atoms with Gasteiger partial charge in [-0.3, -0.25) is 4.99 Å². The van der Waals surface area contributed by atoms with Crippen molar-refractivity contribution in [3.63, 3.8) is 0 Å². The van der Waals surface area contributed by atoms with Crippen molar-refractivity contribution in [3.8, 4) is 12.3 Å². The number of allylic oxidation sites excluding steroid dienone is 7. The highest BCUT2D eigenvalue weighted by Gasteiger charge is 2.04. The van der Waals surface area contributed by atoms with Crippen molar-refractivity contribution in [2.75, 3.05) is 18.8 Å². The van der Waals surface area contributed by atoms with Gasteiger partial charge in [-0.15, -0.1) is 18.2 Å². The molecule has 0 heterocycles. The average Bonchev–Trinajstić information content (AvgIpc) is 2.56. The lowest BCUT2D eigenvalue weighted by Gasteiger charge is -2.09. The molecule has 1 rings (SSSR count). The summed E-state index contributed by atoms with van der Waals surface area (Å²) >= 11 is 1.89. The molecule has 0 unspecified atom stereocenters. The van der Waals surface area contributed by atoms with Crippen LogP contribution in [-0.4, -0.2) is 24.6 Å². The number of thioether (sulfide) groups is 1. The van der Waals surface area contributed by atoms with Crippen LogP contribution in [0.15, 0.2) is 51.9 Å². The van der Waals surface area contributed by atoms with E-state index in [0.717, 1.165) is 31.7 Å². The Morgan fingerprint density at radius 1 is 1.39 bits per heavy atom. The molecule has 0 spiro atoms. The first-order valence-corrected chi connectivity index (χ1v) is 9.28. The Morgan fingerprint density at radius 2 is 2.22 bits per heavy atom. The highest BCUT2D eigenvalue weighted by atomic mass is 32.2. The fourth-order valence-electron chi connectivity index (χ4n) is 2.17. The van der Waals surface area contributed by atoms with E-state index >= 15 is 0 Å². The molecule has 2 N–H and O–H groups in total. The van der Waals surface area contributed by atoms with E-state index in [2.05, 4.69) is 37.1 Å². The third-order valence-corrected chi connectivity index (χ3v) is 4.66. The van der Waals surface area contributed by atoms with Gasteiger partial charge in [0, 0.05) is 17.0 Å². The van der Waals surface area contributed by atoms with E-state index in [9.17, 15) is 0 Å². The molecule has 0 saturated carbocycles. The van der Waals surface area contributed by atoms with Gasteiger partial charge in [0.1, 0.15) is 0 Å². The quantitative estimate of drug-likeness (QED) is 0.360. The first kappa shape index (κ1) is 19.5. The minimum Gasteiger partial charge on any atom is -0.330 e. The van der Waals surface area contributed by atoms with Gasteiger partial charge in [0.15, 0.2) is 0 Å². The first-order valence-electron chi connectivity index (χ1n) is 8.29. The van der Waals surface area contributed by atoms with Crippen LogP contribution >= 0.6 is 11.8 Å². The molecular formula is C20H28N2S. The van der Waals surface area contributed by atoms with E-state index in [-0.39, 0.29) is 0 Å². The second-order valence-corrected chi connectivity index (χ2v) is 6.68. The lowest BCUT2D eigenvalue weighted by atomic mass is 10.0. The van der Waals surface area contributed by atoms with E-state index in [4.69, 9.17) is 17.1 Å². The standard InChI is InChI=1S/C20H28N2S/c1-3-4-7-13-19(23-16-11-6-5-10-15-21)17-22-20-14-9-8-12-18(20)2/h1,4,7-9,12-13H,5-6,10-11,14-17,21H2,2H3/b7-4-,19-13+,22-20?. The Morgan fingerprint density at radius 3 is 2.96 bits per heavy atom. The van der Waals surface area contributed by atoms with Crippen LogP contribution in [0.1, 0.15) is 39.0 Å². The molecule has 124 valence electrons. The number of aliphatic imine (C=N–C) groups is 1. The molecule has 0 saturated heterocycles. The molecule has 0 aromatic rings. The van der Waals surface area contributed by atoms with Crippen LogP contribution in [0.4, 0.5) is 0 Å². The van der Waals surface area contributed by atoms with Crippen LogP contribution in [0.2, 0.25) is 0 Å². The number of hydrogen-bond donors (Lipinski definition) is 1. The number of nitrogens with two attached hydrogens (primary N) is 1. The number of terminal acetylenes is 1. The fourth-order valence-corrected chi connectivity index (χ4v) is 3.11. The van der Waals surface area contributed by atoms with Gasteiger partial charge >= 0.3 is 0 Å². The van der Waals surface area contributed by atoms with E-state index < -0.39 is 0 Å². The molecule has 2 nitrogen and oxygen atoms in total. The summed E-state index contributed by atoms with van der Waals surface area (Å²) in [4.78, 5) is 6.05. The second-order valence-electron chi connectivity index (χ2n) is 5.45. The Hall–Kier alpha value is -1.50. The lowest BCUT2D eigenvalue weighted by Crippen LogP contribution is -2.03. The van der Waals surface area contributed by atoms with Crippen molar-refractivity contribution in [1.29, 1.82) is 0 Å². The molecule has 0 atom stereocenters. The van der Waals surface area contributed by atoms with Gasteiger partial charge in [0.25, 0.3) is 0 Å². The SMILES string of the molecule is C#C/C=C\C=C(/CN=C1CC=CC=C1C)SCCCCCCN. The number of hydrogen-bond acceptors (Lipinski definition) is 3. The largest absolute Gasteiger partial charge is 0.330 e. The molecule has 23 heavy (non-hydrogen) atoms. The second kappa shape index (κ2) is 13.0. The highest BCUT2D eigenvalue weighted by molar-refractivity contribution is 8.03. The molecule has 0 fully saturated rings. The van der Waals surface area contributed by atoms with Crippen LogP contribution in [-0.2, 0) is 0 Å². The van der Waals surface area contributed by atoms with E-state index in [0.29, 0.717) is 0 Å². The fraction of sp³-hybridized carbons (Fsp3) is 0.450. The molecule has 1 aliphatic carbocycles. The van der Waals surface area contributed by atoms with Crippen molar-refractivity contribution in [2.24, 2.45) is 10.7 Å². The van der Waals surface area contributed by atoms with Crippen LogP contribution in [0.5, 0.6) is 0 Å². The first-order chi connectivity index (χ1) is 11.3. The summed E-state index contributed by atoms with van der Waals surface area (Å²) < 4.78 is 0. The normalized spacial score (nSPS) is 16.8. The smallest absolute Gasteiger partial charge is 0.0702 e. The maximum atomic E-state index is 5.52. The zero-order valence-corrected chi connectivity index (χ0v) is 14.9. The van der Waals surface area contributed by atoms with Crippen LogP contribution in [0.25, 0.3) is 0 Å². The maximum Gasteiger partial charge on any atom is 0.0702 e. The minimum atomic E-state index is 0.733. The van der Waals surface area contributed by atoms with Crippen LogP contribution < -0.4 is 5.73 Å². The topological polar surface area (TPSA) is 38.4 Å². The van der Waals surface area contributed by atoms with E-state index in [1.165, 1.54) is 35.5 Å². The van der Waals surface area contributed by atoms with Gasteiger partial charge in [0.2, 0.25) is 0 Å². The van der Waals surface area contributed by atoms with Gasteiger partial charge in [0.05, 0.1) is 6.54 Å². The predicted molar refractivity (Wildman–Crippen MR) is 106 cm³/mol. The van der Waals surface area contributed by atoms with Gasteiger partial charge in [-0.05, 0) is 43.7 Å². The molecule has 0 bridgehead atoms. The molecule has 0 aromatic heterocycles. The number of unbranched alkanes of at least 4 members (excludes halogenated alkanes) is 3. The zero-order valence-electron chi connectivity index (χ0n) is 14.1. The zero-order chi connectivity index (χ0) is 16.8. The predicted octanol–water partition coefficient (Wildman–Crippen LogP) is 4.66. The summed E-state index contributed by atoms with van der Waals surface area (Å²) in [5.74, 6) is 3.65. The molecule has 0 amide bonds. The van der Waals surface area contributed by atoms with Gasteiger partial charge < -0.3 is 5.73 Å². The molecule has 0 radical (unpaired) electrons. The molecule has 0 aliphatic heterocycles. The molecule has 3 heteroatoms. The lowest BCUT2D eigenvalue weighted by molar-refractivity contribution is 0.678. The number of nitrogens with zero attached hydrogens (tertiary/aromatic N) is 1. The minimum absolute atomic E-state index is 0.733. The van der Waals surface area contributed by atoms with Crippen molar-refractivity contribution in [3.05, 3.63) is 46.9 Å². The van der Waals surface area contributed by atoms with Gasteiger partial charge in [-0.2, -0.15) is 0 Å². The van der Waals surface area contributed by atoms with Crippen molar-refractivity contribution < 1.29 is 0 Å². The maximum absolute atomic E-state index is 5.52. The summed E-state index contributed by atoms with van der Waals surface area (Å²) in [5.41, 5.74) is 7.96. The summed E-state index contributed by atoms with van der Waals surface area (Å²) in [6, 6.07) is 0. The highest BCUT2D eigenvalue weighted by Crippen LogP contribution is 2.20. The molecular weight excluding hydrogens is 300 g/mol. The summed E-state index contributed by atoms with van der Waals surface area (Å²) in [6.45, 7) is 3.65. The van der Waals surface area contributed by atoms with Crippen molar-refractivity contribution in [2.45, 2.75) is 39.0 Å². The Kier molecular flexibility index (Phi) is 11.0. The molecule has 0 aromatic carbocycles. The number of rotatable bonds is 10. The van der Waals surface area contributed by atoms with E-state index in [1.807, 2.05) is 17.8 Å². The average molecular weight is 329 g/mol.